The predicted molar refractivity (Wildman–Crippen MR) is 57.4 cm³/mol. The van der Waals surface area contributed by atoms with E-state index >= 15 is 0 Å². The van der Waals surface area contributed by atoms with Gasteiger partial charge in [-0.3, -0.25) is 0 Å². The molecule has 14 heavy (non-hydrogen) atoms. The number of nitrogens with zero attached hydrogens (tertiary/aromatic N) is 2. The van der Waals surface area contributed by atoms with Gasteiger partial charge in [0.25, 0.3) is 0 Å². The highest BCUT2D eigenvalue weighted by molar-refractivity contribution is 5.59. The Morgan fingerprint density at radius 2 is 2.36 bits per heavy atom. The van der Waals surface area contributed by atoms with Crippen LogP contribution in [-0.4, -0.2) is 13.1 Å². The van der Waals surface area contributed by atoms with Crippen LogP contribution in [0.3, 0.4) is 0 Å². The summed E-state index contributed by atoms with van der Waals surface area (Å²) >= 11 is 0. The number of benzene rings is 1. The van der Waals surface area contributed by atoms with E-state index in [4.69, 9.17) is 5.26 Å². The van der Waals surface area contributed by atoms with Crippen molar-refractivity contribution in [3.8, 4) is 6.07 Å². The molecule has 0 saturated carbocycles. The fourth-order valence-electron chi connectivity index (χ4n) is 2.05. The molecule has 0 aromatic heterocycles. The van der Waals surface area contributed by atoms with Gasteiger partial charge in [-0.15, -0.1) is 0 Å². The summed E-state index contributed by atoms with van der Waals surface area (Å²) in [5.41, 5.74) is 3.42. The highest BCUT2D eigenvalue weighted by atomic mass is 15.1. The Balaban J connectivity index is 2.44. The van der Waals surface area contributed by atoms with Crippen molar-refractivity contribution in [1.29, 1.82) is 5.26 Å². The molecule has 0 amide bonds. The highest BCUT2D eigenvalue weighted by Crippen LogP contribution is 2.27. The van der Waals surface area contributed by atoms with Gasteiger partial charge in [-0.05, 0) is 37.5 Å². The van der Waals surface area contributed by atoms with Crippen molar-refractivity contribution in [2.24, 2.45) is 0 Å². The zero-order chi connectivity index (χ0) is 9.97. The van der Waals surface area contributed by atoms with Crippen LogP contribution in [0.15, 0.2) is 18.2 Å². The molecule has 0 bridgehead atoms. The Labute approximate surface area is 84.8 Å². The van der Waals surface area contributed by atoms with Crippen LogP contribution in [0.2, 0.25) is 0 Å². The second-order valence-corrected chi connectivity index (χ2v) is 3.64. The fourth-order valence-corrected chi connectivity index (χ4v) is 2.05. The first-order valence-corrected chi connectivity index (χ1v) is 5.13. The van der Waals surface area contributed by atoms with Gasteiger partial charge in [0.1, 0.15) is 0 Å². The van der Waals surface area contributed by atoms with E-state index in [0.717, 1.165) is 25.1 Å². The van der Waals surface area contributed by atoms with Crippen molar-refractivity contribution in [2.45, 2.75) is 19.8 Å². The van der Waals surface area contributed by atoms with Gasteiger partial charge >= 0.3 is 0 Å². The zero-order valence-corrected chi connectivity index (χ0v) is 8.45. The van der Waals surface area contributed by atoms with Crippen LogP contribution >= 0.6 is 0 Å². The molecular weight excluding hydrogens is 172 g/mol. The predicted octanol–water partition coefficient (Wildman–Crippen LogP) is 2.33. The first kappa shape index (κ1) is 9.08. The van der Waals surface area contributed by atoms with E-state index in [1.807, 2.05) is 12.1 Å². The van der Waals surface area contributed by atoms with Gasteiger partial charge in [-0.2, -0.15) is 5.26 Å². The Hall–Kier alpha value is -1.49. The maximum Gasteiger partial charge on any atom is 0.0992 e. The minimum absolute atomic E-state index is 0.768. The molecule has 1 aliphatic rings. The number of hydrogen-bond acceptors (Lipinski definition) is 2. The van der Waals surface area contributed by atoms with E-state index in [1.54, 1.807) is 0 Å². The lowest BCUT2D eigenvalue weighted by Gasteiger charge is -2.30. The molecule has 0 saturated heterocycles. The molecule has 0 unspecified atom stereocenters. The molecule has 1 aromatic carbocycles. The van der Waals surface area contributed by atoms with Gasteiger partial charge in [0.05, 0.1) is 11.6 Å². The highest BCUT2D eigenvalue weighted by Gasteiger charge is 2.15. The van der Waals surface area contributed by atoms with Gasteiger partial charge in [-0.1, -0.05) is 6.07 Å². The van der Waals surface area contributed by atoms with Crippen molar-refractivity contribution < 1.29 is 0 Å². The quantitative estimate of drug-likeness (QED) is 0.673. The van der Waals surface area contributed by atoms with Crippen LogP contribution < -0.4 is 4.90 Å². The summed E-state index contributed by atoms with van der Waals surface area (Å²) in [5, 5.41) is 8.83. The summed E-state index contributed by atoms with van der Waals surface area (Å²) in [5.74, 6) is 0. The smallest absolute Gasteiger partial charge is 0.0992 e. The third kappa shape index (κ3) is 1.46. The van der Waals surface area contributed by atoms with E-state index in [2.05, 4.69) is 24.0 Å². The molecule has 1 aliphatic heterocycles. The minimum atomic E-state index is 0.768. The molecule has 2 rings (SSSR count). The van der Waals surface area contributed by atoms with Gasteiger partial charge in [0.2, 0.25) is 0 Å². The zero-order valence-electron chi connectivity index (χ0n) is 8.45. The number of fused-ring (bicyclic) bond motifs is 1. The standard InChI is InChI=1S/C12H14N2/c1-2-14-7-3-4-11-6-5-10(9-13)8-12(11)14/h5-6,8H,2-4,7H2,1H3. The molecule has 2 heteroatoms. The van der Waals surface area contributed by atoms with Crippen LogP contribution in [0.4, 0.5) is 5.69 Å². The number of rotatable bonds is 1. The lowest BCUT2D eigenvalue weighted by molar-refractivity contribution is 0.707. The monoisotopic (exact) mass is 186 g/mol. The third-order valence-corrected chi connectivity index (χ3v) is 2.81. The number of hydrogen-bond donors (Lipinski definition) is 0. The lowest BCUT2D eigenvalue weighted by atomic mass is 10.00. The molecule has 72 valence electrons. The largest absolute Gasteiger partial charge is 0.372 e. The number of anilines is 1. The average Bonchev–Trinajstić information content (AvgIpc) is 2.27. The topological polar surface area (TPSA) is 27.0 Å². The Morgan fingerprint density at radius 3 is 3.07 bits per heavy atom. The normalized spacial score (nSPS) is 14.7. The fraction of sp³-hybridized carbons (Fsp3) is 0.417. The molecule has 1 aromatic rings. The first-order valence-electron chi connectivity index (χ1n) is 5.13. The van der Waals surface area contributed by atoms with Crippen LogP contribution in [0, 0.1) is 11.3 Å². The Kier molecular flexibility index (Phi) is 2.41. The Morgan fingerprint density at radius 1 is 1.50 bits per heavy atom. The molecule has 0 radical (unpaired) electrons. The summed E-state index contributed by atoms with van der Waals surface area (Å²) in [6, 6.07) is 8.21. The van der Waals surface area contributed by atoms with E-state index in [-0.39, 0.29) is 0 Å². The Bertz CT molecular complexity index is 376. The van der Waals surface area contributed by atoms with Crippen molar-refractivity contribution in [2.75, 3.05) is 18.0 Å². The van der Waals surface area contributed by atoms with Gasteiger partial charge < -0.3 is 4.90 Å². The maximum atomic E-state index is 8.83. The van der Waals surface area contributed by atoms with Crippen molar-refractivity contribution in [3.63, 3.8) is 0 Å². The molecular formula is C12H14N2. The summed E-state index contributed by atoms with van der Waals surface area (Å²) in [6.07, 6.45) is 2.38. The van der Waals surface area contributed by atoms with Gasteiger partial charge in [0, 0.05) is 18.8 Å². The van der Waals surface area contributed by atoms with Crippen LogP contribution in [-0.2, 0) is 6.42 Å². The van der Waals surface area contributed by atoms with Crippen LogP contribution in [0.25, 0.3) is 0 Å². The molecule has 1 heterocycles. The van der Waals surface area contributed by atoms with Crippen LogP contribution in [0.5, 0.6) is 0 Å². The molecule has 0 spiro atoms. The van der Waals surface area contributed by atoms with E-state index in [1.165, 1.54) is 17.7 Å². The second kappa shape index (κ2) is 3.71. The van der Waals surface area contributed by atoms with Crippen molar-refractivity contribution in [1.82, 2.24) is 0 Å². The molecule has 0 atom stereocenters. The van der Waals surface area contributed by atoms with Crippen molar-refractivity contribution in [3.05, 3.63) is 29.3 Å². The number of nitriles is 1. The van der Waals surface area contributed by atoms with Crippen molar-refractivity contribution >= 4 is 5.69 Å². The van der Waals surface area contributed by atoms with Crippen LogP contribution in [0.1, 0.15) is 24.5 Å². The minimum Gasteiger partial charge on any atom is -0.372 e. The van der Waals surface area contributed by atoms with E-state index in [0.29, 0.717) is 0 Å². The molecule has 0 fully saturated rings. The summed E-state index contributed by atoms with van der Waals surface area (Å²) in [6.45, 7) is 4.31. The second-order valence-electron chi connectivity index (χ2n) is 3.64. The molecule has 0 N–H and O–H groups in total. The maximum absolute atomic E-state index is 8.83. The van der Waals surface area contributed by atoms with E-state index < -0.39 is 0 Å². The third-order valence-electron chi connectivity index (χ3n) is 2.81. The van der Waals surface area contributed by atoms with Gasteiger partial charge in [-0.25, -0.2) is 0 Å². The van der Waals surface area contributed by atoms with Gasteiger partial charge in [0.15, 0.2) is 0 Å². The first-order chi connectivity index (χ1) is 6.85. The molecule has 0 aliphatic carbocycles. The SMILES string of the molecule is CCN1CCCc2ccc(C#N)cc21. The van der Waals surface area contributed by atoms with E-state index in [9.17, 15) is 0 Å². The average molecular weight is 186 g/mol. The molecule has 2 nitrogen and oxygen atoms in total. The summed E-state index contributed by atoms with van der Waals surface area (Å²) < 4.78 is 0. The number of aryl methyl sites for hydroxylation is 1. The summed E-state index contributed by atoms with van der Waals surface area (Å²) in [7, 11) is 0. The summed E-state index contributed by atoms with van der Waals surface area (Å²) in [4.78, 5) is 2.35. The lowest BCUT2D eigenvalue weighted by Crippen LogP contribution is -2.28.